The second kappa shape index (κ2) is 15.3. The van der Waals surface area contributed by atoms with Crippen molar-refractivity contribution in [2.75, 3.05) is 0 Å². The summed E-state index contributed by atoms with van der Waals surface area (Å²) in [5, 5.41) is 9.02. The van der Waals surface area contributed by atoms with Crippen molar-refractivity contribution >= 4 is 81.1 Å². The summed E-state index contributed by atoms with van der Waals surface area (Å²) in [5.74, 6) is 1.80. The summed E-state index contributed by atoms with van der Waals surface area (Å²) >= 11 is 1.80. The summed E-state index contributed by atoms with van der Waals surface area (Å²) in [6.45, 7) is 4.02. The highest BCUT2D eigenvalue weighted by Crippen LogP contribution is 2.44. The second-order valence-electron chi connectivity index (χ2n) is 16.8. The molecule has 0 saturated heterocycles. The lowest BCUT2D eigenvalue weighted by molar-refractivity contribution is 0.669. The number of aromatic nitrogens is 3. The molecule has 0 aliphatic rings. The molecule has 3 heterocycles. The number of rotatable bonds is 7. The van der Waals surface area contributed by atoms with E-state index in [0.717, 1.165) is 77.0 Å². The van der Waals surface area contributed by atoms with E-state index < -0.39 is 0 Å². The van der Waals surface area contributed by atoms with Crippen molar-refractivity contribution < 1.29 is 4.42 Å². The van der Waals surface area contributed by atoms with Crippen molar-refractivity contribution in [2.24, 2.45) is 0 Å². The Morgan fingerprint density at radius 2 is 0.970 bits per heavy atom. The molecule has 0 aliphatic heterocycles. The maximum absolute atomic E-state index is 6.70. The number of furan rings is 1. The number of hydrogen-bond acceptors (Lipinski definition) is 5. The summed E-state index contributed by atoms with van der Waals surface area (Å²) in [6.07, 6.45) is 1.90. The van der Waals surface area contributed by atoms with Gasteiger partial charge < -0.3 is 4.42 Å². The van der Waals surface area contributed by atoms with Crippen LogP contribution in [0.25, 0.3) is 137 Å². The molecule has 13 rings (SSSR count). The van der Waals surface area contributed by atoms with Crippen LogP contribution in [-0.4, -0.2) is 15.0 Å². The van der Waals surface area contributed by atoms with E-state index in [1.54, 1.807) is 11.3 Å². The van der Waals surface area contributed by atoms with Gasteiger partial charge in [0.2, 0.25) is 0 Å². The SMILES string of the molecule is C=Cc1cccc(-c2cccc3c2sc2cccc(-c4nc(-c5ccc6c(c5)oc5cc(-c7cccc(-c8ccccc8)c7)ccc56)nc(-c5cccc6c5ccc5ccccc56)n4)c23)c1. The zero-order valence-electron chi connectivity index (χ0n) is 35.6. The van der Waals surface area contributed by atoms with Crippen LogP contribution < -0.4 is 0 Å². The Kier molecular flexibility index (Phi) is 8.83. The van der Waals surface area contributed by atoms with Gasteiger partial charge in [0.05, 0.1) is 0 Å². The van der Waals surface area contributed by atoms with Crippen LogP contribution in [0.1, 0.15) is 5.56 Å². The zero-order chi connectivity index (χ0) is 43.7. The fraction of sp³-hybridized carbons (Fsp3) is 0. The molecule has 4 nitrogen and oxygen atoms in total. The van der Waals surface area contributed by atoms with Crippen LogP contribution in [0.3, 0.4) is 0 Å². The minimum atomic E-state index is 0.576. The molecule has 0 spiro atoms. The molecule has 308 valence electrons. The summed E-state index contributed by atoms with van der Waals surface area (Å²) in [6, 6.07) is 72.9. The summed E-state index contributed by atoms with van der Waals surface area (Å²) < 4.78 is 9.09. The first kappa shape index (κ1) is 38.0. The normalized spacial score (nSPS) is 11.7. The average Bonchev–Trinajstić information content (AvgIpc) is 3.96. The van der Waals surface area contributed by atoms with Crippen LogP contribution in [0.2, 0.25) is 0 Å². The third kappa shape index (κ3) is 6.32. The standard InChI is InChI=1S/C61H37N3OS/c1-2-37-13-8-19-43(33-37)46-21-10-24-52-57-53(25-12-26-56(57)66-58(46)52)61-63-59(62-60(64-61)51-23-11-22-47-45-20-7-6-16-39(45)27-30-48(47)51)44-29-32-50-49-31-28-42(35-54(49)65-55(50)36-44)41-18-9-17-40(34-41)38-14-4-3-5-15-38/h2-36H,1H2. The van der Waals surface area contributed by atoms with Gasteiger partial charge in [-0.1, -0.05) is 176 Å². The highest BCUT2D eigenvalue weighted by Gasteiger charge is 2.21. The van der Waals surface area contributed by atoms with E-state index in [0.29, 0.717) is 17.5 Å². The van der Waals surface area contributed by atoms with Crippen LogP contribution in [0.4, 0.5) is 0 Å². The number of benzene rings is 10. The van der Waals surface area contributed by atoms with Gasteiger partial charge in [0.1, 0.15) is 11.2 Å². The predicted molar refractivity (Wildman–Crippen MR) is 278 cm³/mol. The second-order valence-corrected chi connectivity index (χ2v) is 17.8. The van der Waals surface area contributed by atoms with Gasteiger partial charge in [-0.3, -0.25) is 0 Å². The number of thiophene rings is 1. The van der Waals surface area contributed by atoms with Crippen molar-refractivity contribution in [3.63, 3.8) is 0 Å². The number of hydrogen-bond donors (Lipinski definition) is 0. The Balaban J connectivity index is 0.987. The maximum Gasteiger partial charge on any atom is 0.164 e. The first-order chi connectivity index (χ1) is 32.6. The van der Waals surface area contributed by atoms with Crippen LogP contribution in [0.15, 0.2) is 217 Å². The van der Waals surface area contributed by atoms with Gasteiger partial charge >= 0.3 is 0 Å². The first-order valence-corrected chi connectivity index (χ1v) is 22.9. The Labute approximate surface area is 384 Å². The molecule has 0 amide bonds. The summed E-state index contributed by atoms with van der Waals surface area (Å²) in [7, 11) is 0. The number of nitrogens with zero attached hydrogens (tertiary/aromatic N) is 3. The quantitative estimate of drug-likeness (QED) is 0.150. The third-order valence-electron chi connectivity index (χ3n) is 12.9. The van der Waals surface area contributed by atoms with Crippen molar-refractivity contribution in [1.29, 1.82) is 0 Å². The van der Waals surface area contributed by atoms with Gasteiger partial charge in [0.15, 0.2) is 17.5 Å². The lowest BCUT2D eigenvalue weighted by Crippen LogP contribution is -2.01. The average molecular weight is 860 g/mol. The molecule has 0 unspecified atom stereocenters. The predicted octanol–water partition coefficient (Wildman–Crippen LogP) is 17.1. The lowest BCUT2D eigenvalue weighted by Gasteiger charge is -2.12. The van der Waals surface area contributed by atoms with E-state index >= 15 is 0 Å². The molecule has 0 bridgehead atoms. The largest absolute Gasteiger partial charge is 0.456 e. The topological polar surface area (TPSA) is 51.8 Å². The first-order valence-electron chi connectivity index (χ1n) is 22.1. The highest BCUT2D eigenvalue weighted by atomic mass is 32.1. The summed E-state index contributed by atoms with van der Waals surface area (Å²) in [4.78, 5) is 16.0. The molecular formula is C61H37N3OS. The molecule has 10 aromatic carbocycles. The molecule has 13 aromatic rings. The molecule has 0 saturated carbocycles. The van der Waals surface area contributed by atoms with Gasteiger partial charge in [-0.25, -0.2) is 15.0 Å². The van der Waals surface area contributed by atoms with Gasteiger partial charge in [-0.05, 0) is 103 Å². The molecule has 3 aromatic heterocycles. The lowest BCUT2D eigenvalue weighted by atomic mass is 9.98. The summed E-state index contributed by atoms with van der Waals surface area (Å²) in [5.41, 5.74) is 12.4. The van der Waals surface area contributed by atoms with Gasteiger partial charge in [0.25, 0.3) is 0 Å². The minimum absolute atomic E-state index is 0.576. The fourth-order valence-electron chi connectivity index (χ4n) is 9.68. The molecule has 0 atom stereocenters. The highest BCUT2D eigenvalue weighted by molar-refractivity contribution is 7.26. The van der Waals surface area contributed by atoms with Crippen LogP contribution in [0.5, 0.6) is 0 Å². The van der Waals surface area contributed by atoms with Gasteiger partial charge in [-0.15, -0.1) is 11.3 Å². The maximum atomic E-state index is 6.70. The van der Waals surface area contributed by atoms with Crippen molar-refractivity contribution in [2.45, 2.75) is 0 Å². The van der Waals surface area contributed by atoms with Crippen LogP contribution in [-0.2, 0) is 0 Å². The fourth-order valence-corrected chi connectivity index (χ4v) is 10.9. The van der Waals surface area contributed by atoms with Crippen LogP contribution in [0, 0.1) is 0 Å². The van der Waals surface area contributed by atoms with E-state index in [2.05, 4.69) is 207 Å². The van der Waals surface area contributed by atoms with E-state index in [9.17, 15) is 0 Å². The van der Waals surface area contributed by atoms with Crippen molar-refractivity contribution in [3.8, 4) is 67.5 Å². The molecule has 0 N–H and O–H groups in total. The van der Waals surface area contributed by atoms with Crippen molar-refractivity contribution in [3.05, 3.63) is 218 Å². The third-order valence-corrected chi connectivity index (χ3v) is 14.1. The zero-order valence-corrected chi connectivity index (χ0v) is 36.4. The molecule has 66 heavy (non-hydrogen) atoms. The van der Waals surface area contributed by atoms with Gasteiger partial charge in [-0.2, -0.15) is 0 Å². The minimum Gasteiger partial charge on any atom is -0.456 e. The van der Waals surface area contributed by atoms with E-state index in [1.165, 1.54) is 42.2 Å². The Morgan fingerprint density at radius 1 is 0.379 bits per heavy atom. The smallest absolute Gasteiger partial charge is 0.164 e. The number of fused-ring (bicyclic) bond motifs is 9. The monoisotopic (exact) mass is 859 g/mol. The van der Waals surface area contributed by atoms with E-state index in [-0.39, 0.29) is 0 Å². The van der Waals surface area contributed by atoms with E-state index in [4.69, 9.17) is 19.4 Å². The van der Waals surface area contributed by atoms with Gasteiger partial charge in [0, 0.05) is 47.6 Å². The Bertz CT molecular complexity index is 4090. The Morgan fingerprint density at radius 3 is 1.82 bits per heavy atom. The van der Waals surface area contributed by atoms with Crippen LogP contribution >= 0.6 is 11.3 Å². The Hall–Kier alpha value is -8.51. The molecule has 0 fully saturated rings. The van der Waals surface area contributed by atoms with Crippen molar-refractivity contribution in [1.82, 2.24) is 15.0 Å². The molecule has 5 heteroatoms. The molecule has 0 aliphatic carbocycles. The van der Waals surface area contributed by atoms with E-state index in [1.807, 2.05) is 12.1 Å². The molecular weight excluding hydrogens is 823 g/mol. The molecule has 0 radical (unpaired) electrons.